The zero-order chi connectivity index (χ0) is 52.1. The third kappa shape index (κ3) is 12.2. The largest absolute Gasteiger partial charge is 0.351 e. The van der Waals surface area contributed by atoms with Crippen LogP contribution in [0.1, 0.15) is 116 Å². The van der Waals surface area contributed by atoms with Gasteiger partial charge in [-0.15, -0.1) is 23.5 Å². The summed E-state index contributed by atoms with van der Waals surface area (Å²) in [4.78, 5) is 115. The normalized spacial score (nSPS) is 28.3. The lowest BCUT2D eigenvalue weighted by Gasteiger charge is -2.36. The van der Waals surface area contributed by atoms with Crippen LogP contribution in [0.15, 0.2) is 60.7 Å². The van der Waals surface area contributed by atoms with E-state index in [1.165, 1.54) is 0 Å². The summed E-state index contributed by atoms with van der Waals surface area (Å²) >= 11 is 3.20. The zero-order valence-corrected chi connectivity index (χ0v) is 44.4. The van der Waals surface area contributed by atoms with Gasteiger partial charge in [0.05, 0.1) is 22.8 Å². The molecule has 1 saturated carbocycles. The van der Waals surface area contributed by atoms with E-state index in [4.69, 9.17) is 0 Å². The average molecular weight is 1030 g/mol. The van der Waals surface area contributed by atoms with Crippen molar-refractivity contribution in [3.63, 3.8) is 0 Å². The smallest absolute Gasteiger partial charge is 0.247 e. The van der Waals surface area contributed by atoms with Crippen LogP contribution in [0, 0.1) is 10.8 Å². The minimum absolute atomic E-state index is 0.268. The van der Waals surface area contributed by atoms with E-state index in [1.807, 2.05) is 39.8 Å². The van der Waals surface area contributed by atoms with Crippen LogP contribution in [0.2, 0.25) is 0 Å². The summed E-state index contributed by atoms with van der Waals surface area (Å²) < 4.78 is 0. The molecule has 4 saturated heterocycles. The SMILES string of the molecule is CN[C@@H](C)C(=O)N[C@H]1CCS[C@H]2CC(C)(C)[C@@H](C(=O)N[C@H](C(=O)NC3CCC(NC(=O)[C@@H](NC(=O)[C@H]4N5C(=O)[C@@H](NC(=O)[C@H](C)NC)CCS[C@H]5CC4(C)C)c4ccccc4)CC3)c3ccccc3)N2C1=O. The third-order valence-corrected chi connectivity index (χ3v) is 17.7. The Bertz CT molecular complexity index is 2160. The number of benzene rings is 2. The number of fused-ring (bicyclic) bond motifs is 2. The molecular weight excluding hydrogens is 957 g/mol. The molecule has 0 aromatic heterocycles. The van der Waals surface area contributed by atoms with Gasteiger partial charge in [-0.25, -0.2) is 0 Å². The Labute approximate surface area is 432 Å². The predicted octanol–water partition coefficient (Wildman–Crippen LogP) is 2.61. The van der Waals surface area contributed by atoms with Crippen molar-refractivity contribution in [2.24, 2.45) is 10.8 Å². The molecule has 20 heteroatoms. The van der Waals surface area contributed by atoms with Gasteiger partial charge in [0.2, 0.25) is 47.3 Å². The summed E-state index contributed by atoms with van der Waals surface area (Å²) in [5.74, 6) is -1.69. The van der Waals surface area contributed by atoms with Crippen molar-refractivity contribution < 1.29 is 38.4 Å². The van der Waals surface area contributed by atoms with Crippen molar-refractivity contribution in [2.45, 2.75) is 164 Å². The number of carbonyl (C=O) groups excluding carboxylic acids is 8. The van der Waals surface area contributed by atoms with Crippen LogP contribution < -0.4 is 42.5 Å². The molecule has 0 radical (unpaired) electrons. The Morgan fingerprint density at radius 2 is 0.875 bits per heavy atom. The maximum Gasteiger partial charge on any atom is 0.247 e. The third-order valence-electron chi connectivity index (χ3n) is 15.2. The quantitative estimate of drug-likeness (QED) is 0.121. The number of nitrogens with zero attached hydrogens (tertiary/aromatic N) is 2. The first-order chi connectivity index (χ1) is 34.2. The van der Waals surface area contributed by atoms with Gasteiger partial charge in [0, 0.05) is 12.1 Å². The molecule has 8 amide bonds. The molecular formula is C52H74N10O8S2. The van der Waals surface area contributed by atoms with Gasteiger partial charge in [0.25, 0.3) is 0 Å². The second kappa shape index (κ2) is 23.4. The van der Waals surface area contributed by atoms with Gasteiger partial charge in [-0.2, -0.15) is 0 Å². The van der Waals surface area contributed by atoms with Crippen molar-refractivity contribution >= 4 is 70.8 Å². The van der Waals surface area contributed by atoms with Crippen LogP contribution >= 0.6 is 23.5 Å². The van der Waals surface area contributed by atoms with Crippen LogP contribution in [0.5, 0.6) is 0 Å². The molecule has 5 fully saturated rings. The number of rotatable bonds is 16. The summed E-state index contributed by atoms with van der Waals surface area (Å²) in [5.41, 5.74) is -0.120. The highest BCUT2D eigenvalue weighted by molar-refractivity contribution is 8.00. The highest BCUT2D eigenvalue weighted by atomic mass is 32.2. The Morgan fingerprint density at radius 1 is 0.528 bits per heavy atom. The maximum absolute atomic E-state index is 14.6. The number of carbonyl (C=O) groups is 8. The maximum atomic E-state index is 14.6. The minimum atomic E-state index is -1.07. The van der Waals surface area contributed by atoms with Gasteiger partial charge in [0.15, 0.2) is 0 Å². The monoisotopic (exact) mass is 1030 g/mol. The predicted molar refractivity (Wildman–Crippen MR) is 278 cm³/mol. The number of amides is 8. The van der Waals surface area contributed by atoms with Crippen LogP contribution in [0.3, 0.4) is 0 Å². The van der Waals surface area contributed by atoms with E-state index in [0.717, 1.165) is 0 Å². The fourth-order valence-corrected chi connectivity index (χ4v) is 14.0. The highest BCUT2D eigenvalue weighted by Crippen LogP contribution is 2.48. The van der Waals surface area contributed by atoms with Gasteiger partial charge in [0.1, 0.15) is 36.3 Å². The van der Waals surface area contributed by atoms with Crippen LogP contribution in [-0.2, 0) is 38.4 Å². The fourth-order valence-electron chi connectivity index (χ4n) is 10.8. The molecule has 18 nitrogen and oxygen atoms in total. The molecule has 0 unspecified atom stereocenters. The molecule has 4 heterocycles. The topological polar surface area (TPSA) is 239 Å². The second-order valence-corrected chi connectivity index (χ2v) is 23.9. The van der Waals surface area contributed by atoms with Crippen molar-refractivity contribution in [1.82, 2.24) is 52.3 Å². The van der Waals surface area contributed by atoms with E-state index in [-0.39, 0.29) is 46.5 Å². The first-order valence-electron chi connectivity index (χ1n) is 25.4. The van der Waals surface area contributed by atoms with E-state index in [9.17, 15) is 38.4 Å². The molecule has 2 aromatic carbocycles. The lowest BCUT2D eigenvalue weighted by atomic mass is 9.83. The van der Waals surface area contributed by atoms with Gasteiger partial charge in [-0.05, 0) is 113 Å². The standard InChI is InChI=1S/C52H74N10O8S2/c1-29(53-7)43(63)57-35-23-25-71-37-27-51(3,4)41(61(37)49(35)69)47(67)59-39(31-15-11-9-12-16-31)45(65)55-33-19-21-34(22-20-33)56-46(66)40(32-17-13-10-14-18-32)60-48(68)42-52(5,6)28-38-62(42)50(70)36(24-26-72-38)58-44(64)30(2)54-8/h9-18,29-30,33-42,53-54H,19-28H2,1-8H3,(H,55,65)(H,56,66)(H,57,63)(H,58,64)(H,59,67)(H,60,68)/t29-,30-,33?,34?,35-,36-,37-,38-,39-,40-,41+,42+/m0/s1. The number of hydrogen-bond donors (Lipinski definition) is 8. The minimum Gasteiger partial charge on any atom is -0.351 e. The summed E-state index contributed by atoms with van der Waals surface area (Å²) in [5, 5.41) is 23.5. The molecule has 4 aliphatic heterocycles. The summed E-state index contributed by atoms with van der Waals surface area (Å²) in [6, 6.07) is 10.9. The molecule has 8 N–H and O–H groups in total. The molecule has 5 aliphatic rings. The molecule has 2 aromatic rings. The molecule has 0 spiro atoms. The van der Waals surface area contributed by atoms with Gasteiger partial charge in [-0.3, -0.25) is 38.4 Å². The van der Waals surface area contributed by atoms with Crippen molar-refractivity contribution in [2.75, 3.05) is 25.6 Å². The Hall–Kier alpha value is -5.18. The van der Waals surface area contributed by atoms with Gasteiger partial charge < -0.3 is 52.3 Å². The first kappa shape index (κ1) is 54.6. The highest BCUT2D eigenvalue weighted by Gasteiger charge is 2.56. The molecule has 10 atom stereocenters. The lowest BCUT2D eigenvalue weighted by Crippen LogP contribution is -2.59. The van der Waals surface area contributed by atoms with E-state index in [1.54, 1.807) is 110 Å². The summed E-state index contributed by atoms with van der Waals surface area (Å²) in [7, 11) is 3.35. The Balaban J connectivity index is 1.00. The fraction of sp³-hybridized carbons (Fsp3) is 0.615. The molecule has 7 rings (SSSR count). The van der Waals surface area contributed by atoms with Crippen molar-refractivity contribution in [1.29, 1.82) is 0 Å². The van der Waals surface area contributed by atoms with Crippen LogP contribution in [-0.4, -0.2) is 142 Å². The zero-order valence-electron chi connectivity index (χ0n) is 42.7. The molecule has 72 heavy (non-hydrogen) atoms. The molecule has 0 bridgehead atoms. The van der Waals surface area contributed by atoms with E-state index in [0.29, 0.717) is 74.0 Å². The Morgan fingerprint density at radius 3 is 1.21 bits per heavy atom. The first-order valence-corrected chi connectivity index (χ1v) is 27.5. The number of thioether (sulfide) groups is 2. The molecule has 1 aliphatic carbocycles. The second-order valence-electron chi connectivity index (χ2n) is 21.3. The lowest BCUT2D eigenvalue weighted by molar-refractivity contribution is -0.144. The number of hydrogen-bond acceptors (Lipinski definition) is 12. The van der Waals surface area contributed by atoms with Crippen LogP contribution in [0.25, 0.3) is 0 Å². The molecule has 392 valence electrons. The van der Waals surface area contributed by atoms with Gasteiger partial charge in [-0.1, -0.05) is 88.4 Å². The summed E-state index contributed by atoms with van der Waals surface area (Å²) in [6.07, 6.45) is 4.11. The number of likely N-dealkylation sites (N-methyl/N-ethyl adjacent to an activating group) is 2. The average Bonchev–Trinajstić information content (AvgIpc) is 3.68. The Kier molecular flexibility index (Phi) is 17.7. The van der Waals surface area contributed by atoms with Crippen LogP contribution in [0.4, 0.5) is 0 Å². The van der Waals surface area contributed by atoms with E-state index < -0.39 is 82.8 Å². The summed E-state index contributed by atoms with van der Waals surface area (Å²) in [6.45, 7) is 11.2. The van der Waals surface area contributed by atoms with Gasteiger partial charge >= 0.3 is 0 Å². The van der Waals surface area contributed by atoms with E-state index in [2.05, 4.69) is 42.5 Å². The van der Waals surface area contributed by atoms with Crippen molar-refractivity contribution in [3.8, 4) is 0 Å². The van der Waals surface area contributed by atoms with Crippen molar-refractivity contribution in [3.05, 3.63) is 71.8 Å². The van der Waals surface area contributed by atoms with E-state index >= 15 is 0 Å². The number of nitrogens with one attached hydrogen (secondary N) is 8.